The van der Waals surface area contributed by atoms with Crippen LogP contribution in [-0.2, 0) is 11.3 Å². The van der Waals surface area contributed by atoms with Gasteiger partial charge in [0.1, 0.15) is 5.75 Å². The molecule has 0 aromatic heterocycles. The number of hydrogen-bond donors (Lipinski definition) is 2. The molecule has 21 heavy (non-hydrogen) atoms. The van der Waals surface area contributed by atoms with Crippen LogP contribution in [0.3, 0.4) is 0 Å². The van der Waals surface area contributed by atoms with Crippen LogP contribution in [-0.4, -0.2) is 43.1 Å². The molecule has 1 atom stereocenters. The van der Waals surface area contributed by atoms with Gasteiger partial charge in [-0.05, 0) is 26.1 Å². The largest absolute Gasteiger partial charge is 0.483 e. The lowest BCUT2D eigenvalue weighted by molar-refractivity contribution is -0.123. The summed E-state index contributed by atoms with van der Waals surface area (Å²) in [6.45, 7) is 9.46. The number of amides is 1. The summed E-state index contributed by atoms with van der Waals surface area (Å²) in [6, 6.07) is 7.60. The fourth-order valence-electron chi connectivity index (χ4n) is 2.19. The fourth-order valence-corrected chi connectivity index (χ4v) is 2.19. The lowest BCUT2D eigenvalue weighted by atomic mass is 10.2. The summed E-state index contributed by atoms with van der Waals surface area (Å²) in [5.41, 5.74) is 6.54. The van der Waals surface area contributed by atoms with Crippen molar-refractivity contribution < 1.29 is 9.53 Å². The summed E-state index contributed by atoms with van der Waals surface area (Å²) in [4.78, 5) is 14.2. The Morgan fingerprint density at radius 2 is 2.00 bits per heavy atom. The smallest absolute Gasteiger partial charge is 0.258 e. The average Bonchev–Trinajstić information content (AvgIpc) is 2.50. The Hall–Kier alpha value is -1.59. The standard InChI is InChI=1S/C16H27N3O2/c1-4-19(5-2)11-13(3)18-16(20)12-21-15-9-7-6-8-14(15)10-17/h6-9,13H,4-5,10-12,17H2,1-3H3,(H,18,20). The predicted octanol–water partition coefficient (Wildman–Crippen LogP) is 1.37. The molecule has 0 spiro atoms. The Kier molecular flexibility index (Phi) is 7.79. The van der Waals surface area contributed by atoms with Gasteiger partial charge in [0.15, 0.2) is 6.61 Å². The van der Waals surface area contributed by atoms with E-state index in [0.29, 0.717) is 12.3 Å². The summed E-state index contributed by atoms with van der Waals surface area (Å²) < 4.78 is 5.54. The van der Waals surface area contributed by atoms with E-state index >= 15 is 0 Å². The number of carbonyl (C=O) groups excluding carboxylic acids is 1. The summed E-state index contributed by atoms with van der Waals surface area (Å²) in [6.07, 6.45) is 0. The number of nitrogens with two attached hydrogens (primary N) is 1. The fraction of sp³-hybridized carbons (Fsp3) is 0.562. The van der Waals surface area contributed by atoms with Gasteiger partial charge < -0.3 is 20.7 Å². The van der Waals surface area contributed by atoms with Gasteiger partial charge in [-0.2, -0.15) is 0 Å². The van der Waals surface area contributed by atoms with E-state index in [2.05, 4.69) is 24.1 Å². The number of rotatable bonds is 9. The Morgan fingerprint density at radius 1 is 1.33 bits per heavy atom. The molecule has 0 saturated carbocycles. The van der Waals surface area contributed by atoms with Crippen LogP contribution < -0.4 is 15.8 Å². The third kappa shape index (κ3) is 6.14. The number of nitrogens with zero attached hydrogens (tertiary/aromatic N) is 1. The summed E-state index contributed by atoms with van der Waals surface area (Å²) >= 11 is 0. The maximum Gasteiger partial charge on any atom is 0.258 e. The minimum Gasteiger partial charge on any atom is -0.483 e. The molecule has 3 N–H and O–H groups in total. The molecule has 0 radical (unpaired) electrons. The second kappa shape index (κ2) is 9.37. The molecule has 0 fully saturated rings. The first kappa shape index (κ1) is 17.5. The third-order valence-electron chi connectivity index (χ3n) is 3.39. The molecule has 1 unspecified atom stereocenters. The van der Waals surface area contributed by atoms with Crippen LogP contribution in [0.4, 0.5) is 0 Å². The van der Waals surface area contributed by atoms with Gasteiger partial charge in [-0.25, -0.2) is 0 Å². The maximum atomic E-state index is 11.9. The van der Waals surface area contributed by atoms with E-state index in [1.165, 1.54) is 0 Å². The highest BCUT2D eigenvalue weighted by Gasteiger charge is 2.11. The van der Waals surface area contributed by atoms with E-state index in [1.807, 2.05) is 31.2 Å². The second-order valence-electron chi connectivity index (χ2n) is 5.05. The van der Waals surface area contributed by atoms with Crippen LogP contribution in [0.1, 0.15) is 26.3 Å². The average molecular weight is 293 g/mol. The highest BCUT2D eigenvalue weighted by molar-refractivity contribution is 5.77. The molecule has 0 saturated heterocycles. The van der Waals surface area contributed by atoms with Gasteiger partial charge >= 0.3 is 0 Å². The van der Waals surface area contributed by atoms with Crippen molar-refractivity contribution in [2.24, 2.45) is 5.73 Å². The van der Waals surface area contributed by atoms with Crippen molar-refractivity contribution in [3.05, 3.63) is 29.8 Å². The van der Waals surface area contributed by atoms with E-state index in [4.69, 9.17) is 10.5 Å². The number of para-hydroxylation sites is 1. The van der Waals surface area contributed by atoms with E-state index in [-0.39, 0.29) is 18.6 Å². The Morgan fingerprint density at radius 3 is 2.62 bits per heavy atom. The number of hydrogen-bond acceptors (Lipinski definition) is 4. The maximum absolute atomic E-state index is 11.9. The molecule has 1 aromatic rings. The van der Waals surface area contributed by atoms with Crippen LogP contribution in [0.5, 0.6) is 5.75 Å². The van der Waals surface area contributed by atoms with Crippen LogP contribution in [0.15, 0.2) is 24.3 Å². The van der Waals surface area contributed by atoms with E-state index in [9.17, 15) is 4.79 Å². The SMILES string of the molecule is CCN(CC)CC(C)NC(=O)COc1ccccc1CN. The number of ether oxygens (including phenoxy) is 1. The first-order valence-corrected chi connectivity index (χ1v) is 7.53. The van der Waals surface area contributed by atoms with Crippen molar-refractivity contribution in [1.82, 2.24) is 10.2 Å². The number of nitrogens with one attached hydrogen (secondary N) is 1. The summed E-state index contributed by atoms with van der Waals surface area (Å²) in [5.74, 6) is 0.563. The van der Waals surface area contributed by atoms with Gasteiger partial charge in [0, 0.05) is 24.7 Å². The number of benzene rings is 1. The monoisotopic (exact) mass is 293 g/mol. The van der Waals surface area contributed by atoms with Gasteiger partial charge in [-0.15, -0.1) is 0 Å². The second-order valence-corrected chi connectivity index (χ2v) is 5.05. The van der Waals surface area contributed by atoms with E-state index in [0.717, 1.165) is 25.2 Å². The predicted molar refractivity (Wildman–Crippen MR) is 85.2 cm³/mol. The van der Waals surface area contributed by atoms with Crippen LogP contribution in [0, 0.1) is 0 Å². The molecule has 0 aliphatic rings. The van der Waals surface area contributed by atoms with Crippen molar-refractivity contribution in [2.45, 2.75) is 33.4 Å². The molecular weight excluding hydrogens is 266 g/mol. The topological polar surface area (TPSA) is 67.6 Å². The highest BCUT2D eigenvalue weighted by atomic mass is 16.5. The van der Waals surface area contributed by atoms with Gasteiger partial charge in [-0.3, -0.25) is 4.79 Å². The zero-order valence-corrected chi connectivity index (χ0v) is 13.3. The highest BCUT2D eigenvalue weighted by Crippen LogP contribution is 2.16. The summed E-state index contributed by atoms with van der Waals surface area (Å²) in [5, 5.41) is 2.95. The quantitative estimate of drug-likeness (QED) is 0.721. The molecule has 0 heterocycles. The van der Waals surface area contributed by atoms with Crippen molar-refractivity contribution in [2.75, 3.05) is 26.2 Å². The van der Waals surface area contributed by atoms with Crippen molar-refractivity contribution in [3.63, 3.8) is 0 Å². The van der Waals surface area contributed by atoms with Crippen molar-refractivity contribution >= 4 is 5.91 Å². The molecule has 5 heteroatoms. The summed E-state index contributed by atoms with van der Waals surface area (Å²) in [7, 11) is 0. The van der Waals surface area contributed by atoms with Crippen molar-refractivity contribution in [1.29, 1.82) is 0 Å². The van der Waals surface area contributed by atoms with E-state index in [1.54, 1.807) is 0 Å². The molecule has 0 bridgehead atoms. The molecule has 0 aliphatic carbocycles. The lowest BCUT2D eigenvalue weighted by Gasteiger charge is -2.23. The Labute approximate surface area is 127 Å². The molecule has 5 nitrogen and oxygen atoms in total. The molecular formula is C16H27N3O2. The number of carbonyl (C=O) groups is 1. The normalized spacial score (nSPS) is 12.2. The first-order chi connectivity index (χ1) is 10.1. The zero-order chi connectivity index (χ0) is 15.7. The molecule has 1 amide bonds. The van der Waals surface area contributed by atoms with Crippen LogP contribution >= 0.6 is 0 Å². The molecule has 1 aromatic carbocycles. The van der Waals surface area contributed by atoms with Crippen LogP contribution in [0.25, 0.3) is 0 Å². The lowest BCUT2D eigenvalue weighted by Crippen LogP contribution is -2.43. The Bertz CT molecular complexity index is 433. The minimum atomic E-state index is -0.110. The number of likely N-dealkylation sites (N-methyl/N-ethyl adjacent to an activating group) is 1. The minimum absolute atomic E-state index is 0.0135. The van der Waals surface area contributed by atoms with Gasteiger partial charge in [-0.1, -0.05) is 32.0 Å². The molecule has 1 rings (SSSR count). The third-order valence-corrected chi connectivity index (χ3v) is 3.39. The van der Waals surface area contributed by atoms with Gasteiger partial charge in [0.25, 0.3) is 5.91 Å². The first-order valence-electron chi connectivity index (χ1n) is 7.53. The van der Waals surface area contributed by atoms with Gasteiger partial charge in [0.2, 0.25) is 0 Å². The Balaban J connectivity index is 2.40. The van der Waals surface area contributed by atoms with Gasteiger partial charge in [0.05, 0.1) is 0 Å². The van der Waals surface area contributed by atoms with E-state index < -0.39 is 0 Å². The zero-order valence-electron chi connectivity index (χ0n) is 13.3. The van der Waals surface area contributed by atoms with Crippen molar-refractivity contribution in [3.8, 4) is 5.75 Å². The molecule has 118 valence electrons. The molecule has 0 aliphatic heterocycles. The van der Waals surface area contributed by atoms with Crippen LogP contribution in [0.2, 0.25) is 0 Å².